The molecule has 0 aromatic carbocycles. The van der Waals surface area contributed by atoms with E-state index < -0.39 is 6.43 Å². The van der Waals surface area contributed by atoms with E-state index in [1.54, 1.807) is 4.90 Å². The molecule has 15 heavy (non-hydrogen) atoms. The van der Waals surface area contributed by atoms with Gasteiger partial charge in [-0.3, -0.25) is 4.90 Å². The fourth-order valence-electron chi connectivity index (χ4n) is 1.56. The van der Waals surface area contributed by atoms with Crippen LogP contribution in [0.15, 0.2) is 0 Å². The Kier molecular flexibility index (Phi) is 8.91. The highest BCUT2D eigenvalue weighted by atomic mass is 19.3. The first kappa shape index (κ1) is 14.8. The van der Waals surface area contributed by atoms with Crippen molar-refractivity contribution in [3.05, 3.63) is 0 Å². The van der Waals surface area contributed by atoms with E-state index >= 15 is 0 Å². The average molecular weight is 223 g/mol. The molecule has 0 saturated carbocycles. The van der Waals surface area contributed by atoms with Gasteiger partial charge in [0.1, 0.15) is 0 Å². The highest BCUT2D eigenvalue weighted by Crippen LogP contribution is 2.08. The van der Waals surface area contributed by atoms with Crippen LogP contribution in [0, 0.1) is 0 Å². The van der Waals surface area contributed by atoms with E-state index in [9.17, 15) is 8.78 Å². The summed E-state index contributed by atoms with van der Waals surface area (Å²) in [5.74, 6) is 0. The number of alkyl halides is 2. The molecule has 0 aromatic heterocycles. The Labute approximate surface area is 91.6 Å². The first-order chi connectivity index (χ1) is 7.15. The van der Waals surface area contributed by atoms with Gasteiger partial charge in [-0.2, -0.15) is 0 Å². The van der Waals surface area contributed by atoms with Crippen LogP contribution < -0.4 is 0 Å². The second-order valence-electron chi connectivity index (χ2n) is 3.62. The fourth-order valence-corrected chi connectivity index (χ4v) is 1.56. The summed E-state index contributed by atoms with van der Waals surface area (Å²) >= 11 is 0. The number of hydrogen-bond donors (Lipinski definition) is 0. The molecule has 0 radical (unpaired) electrons. The van der Waals surface area contributed by atoms with Crippen molar-refractivity contribution in [1.82, 2.24) is 4.90 Å². The normalized spacial score (nSPS) is 13.8. The lowest BCUT2D eigenvalue weighted by Crippen LogP contribution is -2.41. The van der Waals surface area contributed by atoms with Crippen molar-refractivity contribution in [1.29, 1.82) is 0 Å². The highest BCUT2D eigenvalue weighted by Gasteiger charge is 2.18. The topological polar surface area (TPSA) is 12.5 Å². The Balaban J connectivity index is 3.96. The van der Waals surface area contributed by atoms with Gasteiger partial charge in [0.15, 0.2) is 0 Å². The van der Waals surface area contributed by atoms with Crippen molar-refractivity contribution >= 4 is 0 Å². The predicted octanol–water partition coefficient (Wildman–Crippen LogP) is 2.78. The van der Waals surface area contributed by atoms with Gasteiger partial charge in [-0.05, 0) is 19.4 Å². The van der Waals surface area contributed by atoms with Crippen LogP contribution in [0.1, 0.15) is 33.6 Å². The first-order valence-corrected chi connectivity index (χ1v) is 5.75. The molecule has 4 heteroatoms. The van der Waals surface area contributed by atoms with Crippen molar-refractivity contribution in [2.45, 2.75) is 46.1 Å². The van der Waals surface area contributed by atoms with Crippen LogP contribution in [0.4, 0.5) is 8.78 Å². The largest absolute Gasteiger partial charge is 0.380 e. The molecule has 92 valence electrons. The lowest BCUT2D eigenvalue weighted by Gasteiger charge is -2.29. The minimum atomic E-state index is -2.26. The smallest absolute Gasteiger partial charge is 0.251 e. The van der Waals surface area contributed by atoms with E-state index in [0.717, 1.165) is 12.8 Å². The minimum Gasteiger partial charge on any atom is -0.380 e. The SMILES string of the molecule is CCCOCC(CC)N(CC)CC(F)F. The average Bonchev–Trinajstić information content (AvgIpc) is 2.21. The van der Waals surface area contributed by atoms with Crippen LogP contribution in [0.25, 0.3) is 0 Å². The molecule has 0 bridgehead atoms. The molecular weight excluding hydrogens is 200 g/mol. The minimum absolute atomic E-state index is 0.121. The van der Waals surface area contributed by atoms with E-state index in [4.69, 9.17) is 4.74 Å². The quantitative estimate of drug-likeness (QED) is 0.557. The van der Waals surface area contributed by atoms with E-state index in [1.165, 1.54) is 0 Å². The highest BCUT2D eigenvalue weighted by molar-refractivity contribution is 4.69. The third kappa shape index (κ3) is 6.79. The zero-order valence-electron chi connectivity index (χ0n) is 10.0. The van der Waals surface area contributed by atoms with Gasteiger partial charge in [0.2, 0.25) is 0 Å². The monoisotopic (exact) mass is 223 g/mol. The Bertz CT molecular complexity index is 145. The molecule has 1 atom stereocenters. The number of rotatable bonds is 9. The van der Waals surface area contributed by atoms with Crippen molar-refractivity contribution < 1.29 is 13.5 Å². The summed E-state index contributed by atoms with van der Waals surface area (Å²) in [4.78, 5) is 1.79. The number of ether oxygens (including phenoxy) is 1. The van der Waals surface area contributed by atoms with Gasteiger partial charge in [-0.15, -0.1) is 0 Å². The van der Waals surface area contributed by atoms with E-state index in [0.29, 0.717) is 19.8 Å². The second-order valence-corrected chi connectivity index (χ2v) is 3.62. The molecule has 0 N–H and O–H groups in total. The van der Waals surface area contributed by atoms with Crippen molar-refractivity contribution in [2.24, 2.45) is 0 Å². The van der Waals surface area contributed by atoms with Crippen LogP contribution in [-0.4, -0.2) is 43.7 Å². The molecule has 0 heterocycles. The maximum atomic E-state index is 12.3. The molecule has 2 nitrogen and oxygen atoms in total. The predicted molar refractivity (Wildman–Crippen MR) is 58.4 cm³/mol. The van der Waals surface area contributed by atoms with Gasteiger partial charge in [-0.1, -0.05) is 20.8 Å². The van der Waals surface area contributed by atoms with Gasteiger partial charge >= 0.3 is 0 Å². The fraction of sp³-hybridized carbons (Fsp3) is 1.00. The van der Waals surface area contributed by atoms with Gasteiger partial charge < -0.3 is 4.74 Å². The van der Waals surface area contributed by atoms with Crippen molar-refractivity contribution in [2.75, 3.05) is 26.3 Å². The van der Waals surface area contributed by atoms with Crippen LogP contribution in [0.2, 0.25) is 0 Å². The number of nitrogens with zero attached hydrogens (tertiary/aromatic N) is 1. The molecule has 0 amide bonds. The molecule has 0 aliphatic heterocycles. The van der Waals surface area contributed by atoms with Crippen LogP contribution in [-0.2, 0) is 4.74 Å². The summed E-state index contributed by atoms with van der Waals surface area (Å²) in [5, 5.41) is 0. The molecule has 0 aliphatic rings. The van der Waals surface area contributed by atoms with Gasteiger partial charge in [-0.25, -0.2) is 8.78 Å². The number of hydrogen-bond acceptors (Lipinski definition) is 2. The van der Waals surface area contributed by atoms with Gasteiger partial charge in [0, 0.05) is 12.6 Å². The molecule has 0 aromatic rings. The zero-order valence-corrected chi connectivity index (χ0v) is 10.0. The lowest BCUT2D eigenvalue weighted by atomic mass is 10.2. The maximum absolute atomic E-state index is 12.3. The van der Waals surface area contributed by atoms with Crippen LogP contribution in [0.3, 0.4) is 0 Å². The Morgan fingerprint density at radius 2 is 1.87 bits per heavy atom. The number of likely N-dealkylation sites (N-methyl/N-ethyl adjacent to an activating group) is 1. The molecule has 0 rings (SSSR count). The lowest BCUT2D eigenvalue weighted by molar-refractivity contribution is 0.0235. The molecule has 1 unspecified atom stereocenters. The van der Waals surface area contributed by atoms with E-state index in [2.05, 4.69) is 0 Å². The second kappa shape index (κ2) is 9.04. The molecule has 0 aliphatic carbocycles. The van der Waals surface area contributed by atoms with Crippen LogP contribution >= 0.6 is 0 Å². The number of halogens is 2. The Morgan fingerprint density at radius 1 is 1.20 bits per heavy atom. The summed E-state index contributed by atoms with van der Waals surface area (Å²) in [6, 6.07) is 0.121. The molecule has 0 spiro atoms. The third-order valence-corrected chi connectivity index (χ3v) is 2.43. The summed E-state index contributed by atoms with van der Waals surface area (Å²) in [7, 11) is 0. The van der Waals surface area contributed by atoms with Crippen LogP contribution in [0.5, 0.6) is 0 Å². The van der Waals surface area contributed by atoms with Gasteiger partial charge in [0.05, 0.1) is 13.2 Å². The Morgan fingerprint density at radius 3 is 2.27 bits per heavy atom. The zero-order chi connectivity index (χ0) is 11.7. The third-order valence-electron chi connectivity index (χ3n) is 2.43. The summed E-state index contributed by atoms with van der Waals surface area (Å²) in [6.07, 6.45) is -0.438. The maximum Gasteiger partial charge on any atom is 0.251 e. The van der Waals surface area contributed by atoms with Gasteiger partial charge in [0.25, 0.3) is 6.43 Å². The molecular formula is C11H23F2NO. The van der Waals surface area contributed by atoms with Crippen molar-refractivity contribution in [3.8, 4) is 0 Å². The first-order valence-electron chi connectivity index (χ1n) is 5.75. The van der Waals surface area contributed by atoms with Crippen molar-refractivity contribution in [3.63, 3.8) is 0 Å². The summed E-state index contributed by atoms with van der Waals surface area (Å²) in [5.41, 5.74) is 0. The summed E-state index contributed by atoms with van der Waals surface area (Å²) in [6.45, 7) is 7.73. The standard InChI is InChI=1S/C11H23F2NO/c1-4-7-15-9-10(5-2)14(6-3)8-11(12)13/h10-11H,4-9H2,1-3H3. The van der Waals surface area contributed by atoms with E-state index in [-0.39, 0.29) is 12.6 Å². The van der Waals surface area contributed by atoms with E-state index in [1.807, 2.05) is 20.8 Å². The Hall–Kier alpha value is -0.220. The molecule has 0 saturated heterocycles. The molecule has 0 fully saturated rings. The summed E-state index contributed by atoms with van der Waals surface area (Å²) < 4.78 is 30.0.